The molecule has 33 heavy (non-hydrogen) atoms. The fourth-order valence-corrected chi connectivity index (χ4v) is 4.78. The molecule has 0 aromatic heterocycles. The van der Waals surface area contributed by atoms with E-state index in [0.717, 1.165) is 4.31 Å². The predicted octanol–water partition coefficient (Wildman–Crippen LogP) is 2.85. The molecule has 0 fully saturated rings. The van der Waals surface area contributed by atoms with Gasteiger partial charge in [-0.25, -0.2) is 8.42 Å². The number of hydrogen-bond acceptors (Lipinski definition) is 6. The quantitative estimate of drug-likeness (QED) is 0.546. The van der Waals surface area contributed by atoms with Gasteiger partial charge in [-0.2, -0.15) is 0 Å². The van der Waals surface area contributed by atoms with Gasteiger partial charge >= 0.3 is 0 Å². The summed E-state index contributed by atoms with van der Waals surface area (Å²) in [5, 5.41) is 2.76. The Morgan fingerprint density at radius 3 is 2.36 bits per heavy atom. The summed E-state index contributed by atoms with van der Waals surface area (Å²) < 4.78 is 44.4. The first kappa shape index (κ1) is 22.5. The maximum atomic E-state index is 13.4. The molecule has 1 N–H and O–H groups in total. The summed E-state index contributed by atoms with van der Waals surface area (Å²) in [6, 6.07) is 21.8. The largest absolute Gasteiger partial charge is 0.497 e. The van der Waals surface area contributed by atoms with Crippen LogP contribution in [0.5, 0.6) is 17.2 Å². The van der Waals surface area contributed by atoms with E-state index < -0.39 is 15.9 Å². The lowest BCUT2D eigenvalue weighted by Crippen LogP contribution is -2.45. The number of nitrogens with one attached hydrogen (secondary N) is 1. The molecule has 172 valence electrons. The van der Waals surface area contributed by atoms with Crippen LogP contribution in [0.4, 0.5) is 5.69 Å². The van der Waals surface area contributed by atoms with Crippen LogP contribution in [-0.2, 0) is 14.8 Å². The molecule has 0 saturated carbocycles. The Bertz CT molecular complexity index is 1200. The van der Waals surface area contributed by atoms with E-state index in [9.17, 15) is 13.2 Å². The van der Waals surface area contributed by atoms with Crippen molar-refractivity contribution < 1.29 is 27.4 Å². The minimum absolute atomic E-state index is 0.0561. The fourth-order valence-electron chi connectivity index (χ4n) is 3.36. The molecule has 3 aromatic rings. The van der Waals surface area contributed by atoms with Crippen LogP contribution in [0.3, 0.4) is 0 Å². The molecule has 1 aliphatic rings. The monoisotopic (exact) mass is 468 g/mol. The smallest absolute Gasteiger partial charge is 0.264 e. The molecule has 0 spiro atoms. The Kier molecular flexibility index (Phi) is 6.69. The maximum absolute atomic E-state index is 13.4. The van der Waals surface area contributed by atoms with Crippen molar-refractivity contribution in [3.8, 4) is 17.2 Å². The molecule has 1 amide bonds. The number of carbonyl (C=O) groups excluding carboxylic acids is 1. The van der Waals surface area contributed by atoms with Crippen LogP contribution >= 0.6 is 0 Å². The highest BCUT2D eigenvalue weighted by atomic mass is 32.2. The number of benzene rings is 3. The van der Waals surface area contributed by atoms with Crippen molar-refractivity contribution in [1.29, 1.82) is 0 Å². The van der Waals surface area contributed by atoms with Gasteiger partial charge in [-0.3, -0.25) is 9.10 Å². The van der Waals surface area contributed by atoms with Crippen molar-refractivity contribution in [2.45, 2.75) is 11.0 Å². The highest BCUT2D eigenvalue weighted by molar-refractivity contribution is 7.92. The van der Waals surface area contributed by atoms with Gasteiger partial charge in [0.25, 0.3) is 10.0 Å². The summed E-state index contributed by atoms with van der Waals surface area (Å²) in [4.78, 5) is 12.8. The zero-order chi connectivity index (χ0) is 23.3. The van der Waals surface area contributed by atoms with Crippen molar-refractivity contribution in [3.63, 3.8) is 0 Å². The Morgan fingerprint density at radius 2 is 1.67 bits per heavy atom. The van der Waals surface area contributed by atoms with Crippen molar-refractivity contribution in [2.24, 2.45) is 0 Å². The second-order valence-electron chi connectivity index (χ2n) is 7.32. The van der Waals surface area contributed by atoms with Crippen molar-refractivity contribution in [1.82, 2.24) is 5.32 Å². The molecule has 0 aliphatic carbocycles. The number of para-hydroxylation sites is 3. The topological polar surface area (TPSA) is 94.2 Å². The van der Waals surface area contributed by atoms with E-state index in [1.807, 2.05) is 18.2 Å². The first-order valence-electron chi connectivity index (χ1n) is 10.3. The van der Waals surface area contributed by atoms with Crippen LogP contribution < -0.4 is 23.8 Å². The molecule has 1 aliphatic heterocycles. The number of sulfonamides is 1. The average molecular weight is 469 g/mol. The number of methoxy groups -OCH3 is 1. The van der Waals surface area contributed by atoms with Gasteiger partial charge in [0.2, 0.25) is 5.91 Å². The third-order valence-electron chi connectivity index (χ3n) is 5.07. The minimum atomic E-state index is -4.00. The fraction of sp³-hybridized carbons (Fsp3) is 0.208. The van der Waals surface area contributed by atoms with E-state index in [-0.39, 0.29) is 30.7 Å². The van der Waals surface area contributed by atoms with Crippen molar-refractivity contribution in [3.05, 3.63) is 78.9 Å². The van der Waals surface area contributed by atoms with E-state index in [2.05, 4.69) is 5.32 Å². The Balaban J connectivity index is 1.47. The van der Waals surface area contributed by atoms with Gasteiger partial charge in [-0.1, -0.05) is 30.3 Å². The van der Waals surface area contributed by atoms with Gasteiger partial charge in [0, 0.05) is 0 Å². The lowest BCUT2D eigenvalue weighted by atomic mass is 10.2. The summed E-state index contributed by atoms with van der Waals surface area (Å²) in [5.74, 6) is 1.34. The van der Waals surface area contributed by atoms with Gasteiger partial charge in [0.1, 0.15) is 25.0 Å². The molecular formula is C24H24N2O6S. The number of rotatable bonds is 8. The third kappa shape index (κ3) is 5.20. The number of amides is 1. The first-order valence-corrected chi connectivity index (χ1v) is 11.8. The summed E-state index contributed by atoms with van der Waals surface area (Å²) >= 11 is 0. The molecule has 3 aromatic carbocycles. The molecule has 8 nitrogen and oxygen atoms in total. The van der Waals surface area contributed by atoms with E-state index in [1.165, 1.54) is 19.2 Å². The maximum Gasteiger partial charge on any atom is 0.264 e. The van der Waals surface area contributed by atoms with Gasteiger partial charge in [-0.05, 0) is 48.5 Å². The Hall–Kier alpha value is -3.72. The number of nitrogens with zero attached hydrogens (tertiary/aromatic N) is 1. The molecule has 1 atom stereocenters. The summed E-state index contributed by atoms with van der Waals surface area (Å²) in [7, 11) is -2.49. The molecule has 4 rings (SSSR count). The van der Waals surface area contributed by atoms with Crippen LogP contribution in [-0.4, -0.2) is 47.2 Å². The number of hydrogen-bond donors (Lipinski definition) is 1. The standard InChI is InChI=1S/C24H24N2O6S/c1-30-19-11-13-21(14-12-19)33(28,29)26(18-7-3-2-4-8-18)16-24(27)25-15-20-17-31-22-9-5-6-10-23(22)32-20/h2-14,20H,15-17H2,1H3,(H,25,27). The van der Waals surface area contributed by atoms with Gasteiger partial charge in [0.05, 0.1) is 24.2 Å². The third-order valence-corrected chi connectivity index (χ3v) is 6.86. The molecule has 0 radical (unpaired) electrons. The normalized spacial score (nSPS) is 14.9. The number of carbonyl (C=O) groups is 1. The Labute approximate surface area is 192 Å². The zero-order valence-corrected chi connectivity index (χ0v) is 18.8. The molecule has 0 bridgehead atoms. The van der Waals surface area contributed by atoms with E-state index in [0.29, 0.717) is 22.9 Å². The second kappa shape index (κ2) is 9.83. The van der Waals surface area contributed by atoms with Crippen LogP contribution in [0.2, 0.25) is 0 Å². The van der Waals surface area contributed by atoms with E-state index >= 15 is 0 Å². The summed E-state index contributed by atoms with van der Waals surface area (Å²) in [5.41, 5.74) is 0.384. The van der Waals surface area contributed by atoms with Gasteiger partial charge in [0.15, 0.2) is 11.5 Å². The van der Waals surface area contributed by atoms with Gasteiger partial charge < -0.3 is 19.5 Å². The van der Waals surface area contributed by atoms with Crippen molar-refractivity contribution in [2.75, 3.05) is 31.1 Å². The van der Waals surface area contributed by atoms with Crippen LogP contribution in [0, 0.1) is 0 Å². The lowest BCUT2D eigenvalue weighted by molar-refractivity contribution is -0.120. The Morgan fingerprint density at radius 1 is 1.00 bits per heavy atom. The van der Waals surface area contributed by atoms with E-state index in [1.54, 1.807) is 48.5 Å². The number of anilines is 1. The lowest BCUT2D eigenvalue weighted by Gasteiger charge is -2.27. The van der Waals surface area contributed by atoms with Crippen LogP contribution in [0.1, 0.15) is 0 Å². The number of fused-ring (bicyclic) bond motifs is 1. The van der Waals surface area contributed by atoms with Crippen LogP contribution in [0.25, 0.3) is 0 Å². The molecule has 9 heteroatoms. The predicted molar refractivity (Wildman–Crippen MR) is 123 cm³/mol. The second-order valence-corrected chi connectivity index (χ2v) is 9.19. The average Bonchev–Trinajstić information content (AvgIpc) is 2.86. The van der Waals surface area contributed by atoms with E-state index in [4.69, 9.17) is 14.2 Å². The number of ether oxygens (including phenoxy) is 3. The zero-order valence-electron chi connectivity index (χ0n) is 18.0. The first-order chi connectivity index (χ1) is 16.0. The molecular weight excluding hydrogens is 444 g/mol. The summed E-state index contributed by atoms with van der Waals surface area (Å²) in [6.07, 6.45) is -0.382. The molecule has 1 heterocycles. The molecule has 1 unspecified atom stereocenters. The minimum Gasteiger partial charge on any atom is -0.497 e. The van der Waals surface area contributed by atoms with Gasteiger partial charge in [-0.15, -0.1) is 0 Å². The SMILES string of the molecule is COc1ccc(S(=O)(=O)N(CC(=O)NCC2COc3ccccc3O2)c2ccccc2)cc1. The van der Waals surface area contributed by atoms with Crippen molar-refractivity contribution >= 4 is 21.6 Å². The highest BCUT2D eigenvalue weighted by Gasteiger charge is 2.28. The molecule has 0 saturated heterocycles. The summed E-state index contributed by atoms with van der Waals surface area (Å²) in [6.45, 7) is 0.0742. The highest BCUT2D eigenvalue weighted by Crippen LogP contribution is 2.30. The van der Waals surface area contributed by atoms with Crippen LogP contribution in [0.15, 0.2) is 83.8 Å².